The molecule has 0 aliphatic heterocycles. The van der Waals surface area contributed by atoms with Crippen molar-refractivity contribution in [2.24, 2.45) is 5.92 Å². The predicted molar refractivity (Wildman–Crippen MR) is 141 cm³/mol. The highest BCUT2D eigenvalue weighted by Crippen LogP contribution is 2.40. The second-order valence-electron chi connectivity index (χ2n) is 9.13. The van der Waals surface area contributed by atoms with E-state index in [9.17, 15) is 13.5 Å². The van der Waals surface area contributed by atoms with E-state index in [0.29, 0.717) is 10.8 Å². The molecule has 1 aliphatic rings. The zero-order chi connectivity index (χ0) is 28.2. The monoisotopic (exact) mass is 582 g/mol. The summed E-state index contributed by atoms with van der Waals surface area (Å²) >= 11 is 5.89. The molecule has 2 atom stereocenters. The molecular weight excluding hydrogens is 552 g/mol. The maximum Gasteiger partial charge on any atom is 0.245 e. The lowest BCUT2D eigenvalue weighted by Crippen LogP contribution is -2.33. The molecule has 0 unspecified atom stereocenters. The number of nitrogens with zero attached hydrogens (tertiary/aromatic N) is 7. The quantitative estimate of drug-likeness (QED) is 0.338. The normalized spacial score (nSPS) is 19.3. The van der Waals surface area contributed by atoms with Gasteiger partial charge in [0.2, 0.25) is 27.7 Å². The van der Waals surface area contributed by atoms with Crippen LogP contribution in [-0.2, 0) is 14.8 Å². The van der Waals surface area contributed by atoms with Crippen molar-refractivity contribution in [3.8, 4) is 17.4 Å². The highest BCUT2D eigenvalue weighted by atomic mass is 35.5. The molecule has 3 aromatic heterocycles. The molecule has 212 valence electrons. The van der Waals surface area contributed by atoms with E-state index in [4.69, 9.17) is 25.8 Å². The van der Waals surface area contributed by atoms with Gasteiger partial charge in [-0.15, -0.1) is 10.2 Å². The third-order valence-electron chi connectivity index (χ3n) is 6.82. The van der Waals surface area contributed by atoms with Gasteiger partial charge in [-0.05, 0) is 38.5 Å². The number of hydrogen-bond acceptors (Lipinski definition) is 12. The van der Waals surface area contributed by atoms with Crippen LogP contribution < -0.4 is 14.2 Å². The number of hydrogen-bond donors (Lipinski definition) is 2. The van der Waals surface area contributed by atoms with Crippen molar-refractivity contribution >= 4 is 27.6 Å². The average molecular weight is 583 g/mol. The standard InChI is InChI=1S/C23H31ClN8O6S/c1-13(18(36-2)19-25-9-16(24)10-26-19)39(34,35)31-23-30-29-20(15-7-5-14(11-33)6-8-15)32(23)17-21(37-3)27-12-28-22(17)38-4/h9-10,12-15,18,33H,5-8,11H2,1-4H3,(H,30,31)/t13-,14-,15+,18-/m0/s1. The van der Waals surface area contributed by atoms with Crippen molar-refractivity contribution in [2.75, 3.05) is 32.7 Å². The predicted octanol–water partition coefficient (Wildman–Crippen LogP) is 2.30. The molecule has 0 saturated heterocycles. The number of anilines is 1. The van der Waals surface area contributed by atoms with Gasteiger partial charge in [-0.1, -0.05) is 11.6 Å². The Morgan fingerprint density at radius 1 is 1.05 bits per heavy atom. The summed E-state index contributed by atoms with van der Waals surface area (Å²) in [5.74, 6) is 0.977. The first-order chi connectivity index (χ1) is 18.7. The molecule has 14 nitrogen and oxygen atoms in total. The van der Waals surface area contributed by atoms with E-state index < -0.39 is 21.4 Å². The number of halogens is 1. The van der Waals surface area contributed by atoms with Gasteiger partial charge in [0.1, 0.15) is 23.5 Å². The third kappa shape index (κ3) is 6.05. The molecule has 0 radical (unpaired) electrons. The van der Waals surface area contributed by atoms with Crippen molar-refractivity contribution in [3.63, 3.8) is 0 Å². The summed E-state index contributed by atoms with van der Waals surface area (Å²) in [5, 5.41) is 17.3. The van der Waals surface area contributed by atoms with Gasteiger partial charge >= 0.3 is 0 Å². The fourth-order valence-electron chi connectivity index (χ4n) is 4.65. The topological polar surface area (TPSA) is 176 Å². The fraction of sp³-hybridized carbons (Fsp3) is 0.565. The minimum absolute atomic E-state index is 0.0696. The summed E-state index contributed by atoms with van der Waals surface area (Å²) in [4.78, 5) is 16.6. The zero-order valence-electron chi connectivity index (χ0n) is 22.0. The third-order valence-corrected chi connectivity index (χ3v) is 8.71. The van der Waals surface area contributed by atoms with Crippen LogP contribution in [0, 0.1) is 5.92 Å². The van der Waals surface area contributed by atoms with Gasteiger partial charge in [0.25, 0.3) is 0 Å². The van der Waals surface area contributed by atoms with Crippen LogP contribution >= 0.6 is 11.6 Å². The molecule has 39 heavy (non-hydrogen) atoms. The number of nitrogens with one attached hydrogen (secondary N) is 1. The molecule has 16 heteroatoms. The van der Waals surface area contributed by atoms with Crippen LogP contribution in [0.2, 0.25) is 5.02 Å². The Labute approximate surface area is 231 Å². The summed E-state index contributed by atoms with van der Waals surface area (Å²) in [7, 11) is 0.0876. The Kier molecular flexibility index (Phi) is 9.15. The largest absolute Gasteiger partial charge is 0.479 e. The summed E-state index contributed by atoms with van der Waals surface area (Å²) in [6.07, 6.45) is 6.04. The van der Waals surface area contributed by atoms with Crippen molar-refractivity contribution < 1.29 is 27.7 Å². The lowest BCUT2D eigenvalue weighted by molar-refractivity contribution is 0.0950. The van der Waals surface area contributed by atoms with E-state index in [2.05, 4.69) is 34.9 Å². The van der Waals surface area contributed by atoms with E-state index in [1.165, 1.54) is 51.5 Å². The Hall–Kier alpha value is -3.14. The van der Waals surface area contributed by atoms with Crippen LogP contribution in [0.1, 0.15) is 56.3 Å². The highest BCUT2D eigenvalue weighted by Gasteiger charge is 2.36. The zero-order valence-corrected chi connectivity index (χ0v) is 23.6. The molecular formula is C23H31ClN8O6S. The van der Waals surface area contributed by atoms with Crippen LogP contribution in [0.15, 0.2) is 18.7 Å². The van der Waals surface area contributed by atoms with Crippen LogP contribution in [0.4, 0.5) is 5.95 Å². The van der Waals surface area contributed by atoms with Crippen LogP contribution in [0.5, 0.6) is 11.8 Å². The van der Waals surface area contributed by atoms with E-state index in [-0.39, 0.29) is 47.7 Å². The lowest BCUT2D eigenvalue weighted by Gasteiger charge is -2.27. The average Bonchev–Trinajstić information content (AvgIpc) is 3.35. The maximum absolute atomic E-state index is 13.6. The van der Waals surface area contributed by atoms with Gasteiger partial charge in [-0.2, -0.15) is 9.97 Å². The molecule has 0 amide bonds. The van der Waals surface area contributed by atoms with E-state index >= 15 is 0 Å². The second kappa shape index (κ2) is 12.4. The van der Waals surface area contributed by atoms with Crippen molar-refractivity contribution in [1.29, 1.82) is 0 Å². The minimum atomic E-state index is -4.15. The van der Waals surface area contributed by atoms with Gasteiger partial charge in [0, 0.05) is 32.0 Å². The first-order valence-corrected chi connectivity index (χ1v) is 14.2. The van der Waals surface area contributed by atoms with Crippen molar-refractivity contribution in [3.05, 3.63) is 35.4 Å². The highest BCUT2D eigenvalue weighted by molar-refractivity contribution is 7.93. The summed E-state index contributed by atoms with van der Waals surface area (Å²) < 4.78 is 47.7. The molecule has 3 aromatic rings. The van der Waals surface area contributed by atoms with E-state index in [0.717, 1.165) is 25.7 Å². The number of methoxy groups -OCH3 is 3. The summed E-state index contributed by atoms with van der Waals surface area (Å²) in [5.41, 5.74) is 0.251. The number of aromatic nitrogens is 7. The summed E-state index contributed by atoms with van der Waals surface area (Å²) in [6.45, 7) is 1.59. The van der Waals surface area contributed by atoms with Gasteiger partial charge in [-0.25, -0.2) is 18.4 Å². The van der Waals surface area contributed by atoms with Gasteiger partial charge in [-0.3, -0.25) is 9.29 Å². The molecule has 1 fully saturated rings. The van der Waals surface area contributed by atoms with Crippen LogP contribution in [0.3, 0.4) is 0 Å². The van der Waals surface area contributed by atoms with E-state index in [1.54, 1.807) is 0 Å². The van der Waals surface area contributed by atoms with E-state index in [1.807, 2.05) is 0 Å². The van der Waals surface area contributed by atoms with Gasteiger partial charge in [0.05, 0.1) is 19.2 Å². The smallest absolute Gasteiger partial charge is 0.245 e. The maximum atomic E-state index is 13.6. The molecule has 0 spiro atoms. The number of sulfonamides is 1. The molecule has 2 N–H and O–H groups in total. The molecule has 4 rings (SSSR count). The summed E-state index contributed by atoms with van der Waals surface area (Å²) in [6, 6.07) is 0. The molecule has 1 aliphatic carbocycles. The van der Waals surface area contributed by atoms with Crippen LogP contribution in [-0.4, -0.2) is 81.4 Å². The minimum Gasteiger partial charge on any atom is -0.479 e. The Morgan fingerprint density at radius 3 is 2.21 bits per heavy atom. The molecule has 0 aromatic carbocycles. The fourth-order valence-corrected chi connectivity index (χ4v) is 5.88. The first-order valence-electron chi connectivity index (χ1n) is 12.2. The molecule has 3 heterocycles. The second-order valence-corrected chi connectivity index (χ2v) is 11.6. The number of ether oxygens (including phenoxy) is 3. The lowest BCUT2D eigenvalue weighted by atomic mass is 9.82. The van der Waals surface area contributed by atoms with Crippen LogP contribution in [0.25, 0.3) is 5.69 Å². The molecule has 1 saturated carbocycles. The first kappa shape index (κ1) is 28.9. The van der Waals surface area contributed by atoms with Gasteiger partial charge < -0.3 is 19.3 Å². The van der Waals surface area contributed by atoms with Gasteiger partial charge in [0.15, 0.2) is 11.5 Å². The Balaban J connectivity index is 1.77. The number of rotatable bonds is 11. The van der Waals surface area contributed by atoms with Crippen molar-refractivity contribution in [1.82, 2.24) is 34.7 Å². The Morgan fingerprint density at radius 2 is 1.67 bits per heavy atom. The SMILES string of the molecule is COc1ncnc(OC)c1-n1c(NS(=O)(=O)[C@@H](C)[C@H](OC)c2ncc(Cl)cn2)nnc1[C@H]1CC[C@@H](CO)CC1. The van der Waals surface area contributed by atoms with Crippen molar-refractivity contribution in [2.45, 2.75) is 49.9 Å². The number of aliphatic hydroxyl groups is 1. The molecule has 0 bridgehead atoms. The number of aliphatic hydroxyl groups excluding tert-OH is 1. The Bertz CT molecular complexity index is 1340.